The highest BCUT2D eigenvalue weighted by molar-refractivity contribution is 5.91. The van der Waals surface area contributed by atoms with Crippen molar-refractivity contribution < 1.29 is 19.4 Å². The molecule has 0 heterocycles. The van der Waals surface area contributed by atoms with Crippen molar-refractivity contribution in [1.29, 1.82) is 0 Å². The van der Waals surface area contributed by atoms with E-state index >= 15 is 0 Å². The minimum Gasteiger partial charge on any atom is -0.496 e. The van der Waals surface area contributed by atoms with Gasteiger partial charge in [0, 0.05) is 6.42 Å². The summed E-state index contributed by atoms with van der Waals surface area (Å²) in [6.45, 7) is 1.81. The van der Waals surface area contributed by atoms with Crippen LogP contribution in [-0.4, -0.2) is 24.5 Å². The number of aromatic carboxylic acids is 1. The van der Waals surface area contributed by atoms with Gasteiger partial charge in [0.1, 0.15) is 17.6 Å². The quantitative estimate of drug-likeness (QED) is 0.877. The molecule has 0 aromatic heterocycles. The number of aryl methyl sites for hydroxylation is 1. The van der Waals surface area contributed by atoms with E-state index in [2.05, 4.69) is 0 Å². The number of rotatable bonds is 4. The molecule has 0 atom stereocenters. The number of aldehydes is 1. The molecule has 0 radical (unpaired) electrons. The number of carboxylic acid groups (broad SMARTS) is 1. The summed E-state index contributed by atoms with van der Waals surface area (Å²) in [4.78, 5) is 20.6. The van der Waals surface area contributed by atoms with Crippen LogP contribution in [-0.2, 0) is 11.2 Å². The Kier molecular flexibility index (Phi) is 6.68. The molecular weight excluding hydrogens is 268 g/mol. The van der Waals surface area contributed by atoms with Crippen molar-refractivity contribution in [3.05, 3.63) is 65.2 Å². The van der Waals surface area contributed by atoms with Crippen molar-refractivity contribution in [2.75, 3.05) is 7.11 Å². The highest BCUT2D eigenvalue weighted by Gasteiger charge is 2.11. The lowest BCUT2D eigenvalue weighted by Gasteiger charge is -2.06. The minimum absolute atomic E-state index is 0.206. The molecule has 0 saturated carbocycles. The highest BCUT2D eigenvalue weighted by Crippen LogP contribution is 2.22. The van der Waals surface area contributed by atoms with Gasteiger partial charge in [0.2, 0.25) is 0 Å². The van der Waals surface area contributed by atoms with E-state index in [1.165, 1.54) is 13.2 Å². The Balaban J connectivity index is 0.000000219. The topological polar surface area (TPSA) is 63.6 Å². The summed E-state index contributed by atoms with van der Waals surface area (Å²) in [5.41, 5.74) is 2.11. The largest absolute Gasteiger partial charge is 0.496 e. The molecule has 0 aliphatic rings. The van der Waals surface area contributed by atoms with Gasteiger partial charge in [-0.05, 0) is 24.1 Å². The fourth-order valence-electron chi connectivity index (χ4n) is 1.80. The second-order valence-electron chi connectivity index (χ2n) is 4.32. The molecule has 0 spiro atoms. The van der Waals surface area contributed by atoms with Gasteiger partial charge in [-0.15, -0.1) is 0 Å². The molecule has 2 rings (SSSR count). The number of hydrogen-bond donors (Lipinski definition) is 1. The average Bonchev–Trinajstić information content (AvgIpc) is 2.49. The Morgan fingerprint density at radius 3 is 2.29 bits per heavy atom. The van der Waals surface area contributed by atoms with Crippen LogP contribution in [0.4, 0.5) is 0 Å². The summed E-state index contributed by atoms with van der Waals surface area (Å²) in [5, 5.41) is 8.74. The molecule has 0 aliphatic heterocycles. The van der Waals surface area contributed by atoms with E-state index in [9.17, 15) is 9.59 Å². The van der Waals surface area contributed by atoms with Crippen molar-refractivity contribution in [3.63, 3.8) is 0 Å². The SMILES string of the molecule is COc1c(C)cccc1C(=O)O.O=CCc1ccccc1. The Bertz CT molecular complexity index is 591. The van der Waals surface area contributed by atoms with Gasteiger partial charge in [0.25, 0.3) is 0 Å². The first kappa shape index (κ1) is 16.4. The second kappa shape index (κ2) is 8.53. The first-order valence-corrected chi connectivity index (χ1v) is 6.44. The summed E-state index contributed by atoms with van der Waals surface area (Å²) < 4.78 is 4.96. The van der Waals surface area contributed by atoms with E-state index < -0.39 is 5.97 Å². The van der Waals surface area contributed by atoms with Crippen LogP contribution in [0.25, 0.3) is 0 Å². The molecule has 4 heteroatoms. The maximum Gasteiger partial charge on any atom is 0.339 e. The normalized spacial score (nSPS) is 9.24. The van der Waals surface area contributed by atoms with Gasteiger partial charge in [0.05, 0.1) is 7.11 Å². The van der Waals surface area contributed by atoms with Gasteiger partial charge < -0.3 is 14.6 Å². The van der Waals surface area contributed by atoms with Gasteiger partial charge in [0.15, 0.2) is 0 Å². The van der Waals surface area contributed by atoms with Crippen LogP contribution in [0.5, 0.6) is 5.75 Å². The predicted molar refractivity (Wildman–Crippen MR) is 80.9 cm³/mol. The number of benzene rings is 2. The first-order valence-electron chi connectivity index (χ1n) is 6.44. The van der Waals surface area contributed by atoms with Gasteiger partial charge >= 0.3 is 5.97 Å². The van der Waals surface area contributed by atoms with Crippen molar-refractivity contribution in [1.82, 2.24) is 0 Å². The Hall–Kier alpha value is -2.62. The second-order valence-corrected chi connectivity index (χ2v) is 4.32. The molecule has 0 aliphatic carbocycles. The van der Waals surface area contributed by atoms with Crippen LogP contribution in [0.3, 0.4) is 0 Å². The lowest BCUT2D eigenvalue weighted by atomic mass is 10.1. The van der Waals surface area contributed by atoms with Crippen molar-refractivity contribution >= 4 is 12.3 Å². The third-order valence-corrected chi connectivity index (χ3v) is 2.81. The standard InChI is InChI=1S/C9H10O3.C8H8O/c1-6-4-3-5-7(9(10)11)8(6)12-2;9-7-6-8-4-2-1-3-5-8/h3-5H,1-2H3,(H,10,11);1-5,7H,6H2. The summed E-state index contributed by atoms with van der Waals surface area (Å²) in [5.74, 6) is -0.527. The number of carbonyl (C=O) groups is 2. The van der Waals surface area contributed by atoms with Gasteiger partial charge in [-0.25, -0.2) is 4.79 Å². The van der Waals surface area contributed by atoms with E-state index in [0.717, 1.165) is 17.4 Å². The summed E-state index contributed by atoms with van der Waals surface area (Å²) in [7, 11) is 1.47. The third-order valence-electron chi connectivity index (χ3n) is 2.81. The molecule has 2 aromatic carbocycles. The van der Waals surface area contributed by atoms with Crippen molar-refractivity contribution in [3.8, 4) is 5.75 Å². The number of carboxylic acids is 1. The van der Waals surface area contributed by atoms with Crippen molar-refractivity contribution in [2.45, 2.75) is 13.3 Å². The Morgan fingerprint density at radius 1 is 1.14 bits per heavy atom. The van der Waals surface area contributed by atoms with Crippen molar-refractivity contribution in [2.24, 2.45) is 0 Å². The van der Waals surface area contributed by atoms with Crippen LogP contribution in [0.2, 0.25) is 0 Å². The average molecular weight is 286 g/mol. The lowest BCUT2D eigenvalue weighted by Crippen LogP contribution is -2.01. The van der Waals surface area contributed by atoms with E-state index in [1.54, 1.807) is 6.07 Å². The van der Waals surface area contributed by atoms with E-state index in [-0.39, 0.29) is 5.56 Å². The number of ether oxygens (including phenoxy) is 1. The third kappa shape index (κ3) is 5.10. The molecule has 21 heavy (non-hydrogen) atoms. The zero-order valence-corrected chi connectivity index (χ0v) is 12.1. The minimum atomic E-state index is -0.962. The fraction of sp³-hybridized carbons (Fsp3) is 0.176. The summed E-state index contributed by atoms with van der Waals surface area (Å²) in [6, 6.07) is 14.7. The molecule has 0 fully saturated rings. The molecule has 1 N–H and O–H groups in total. The smallest absolute Gasteiger partial charge is 0.339 e. The molecule has 0 unspecified atom stereocenters. The number of methoxy groups -OCH3 is 1. The first-order chi connectivity index (χ1) is 10.1. The van der Waals surface area contributed by atoms with Crippen LogP contribution < -0.4 is 4.74 Å². The van der Waals surface area contributed by atoms with Gasteiger partial charge in [-0.1, -0.05) is 42.5 Å². The lowest BCUT2D eigenvalue weighted by molar-refractivity contribution is -0.107. The van der Waals surface area contributed by atoms with Gasteiger partial charge in [-0.2, -0.15) is 0 Å². The maximum absolute atomic E-state index is 10.7. The molecule has 0 saturated heterocycles. The molecular formula is C17H18O4. The Morgan fingerprint density at radius 2 is 1.81 bits per heavy atom. The predicted octanol–water partition coefficient (Wildman–Crippen LogP) is 3.13. The van der Waals surface area contributed by atoms with Crippen LogP contribution in [0.15, 0.2) is 48.5 Å². The highest BCUT2D eigenvalue weighted by atomic mass is 16.5. The maximum atomic E-state index is 10.7. The summed E-state index contributed by atoms with van der Waals surface area (Å²) >= 11 is 0. The molecule has 0 amide bonds. The molecule has 4 nitrogen and oxygen atoms in total. The van der Waals surface area contributed by atoms with E-state index in [4.69, 9.17) is 9.84 Å². The van der Waals surface area contributed by atoms with E-state index in [1.807, 2.05) is 43.3 Å². The van der Waals surface area contributed by atoms with Gasteiger partial charge in [-0.3, -0.25) is 0 Å². The summed E-state index contributed by atoms with van der Waals surface area (Å²) in [6.07, 6.45) is 1.44. The fourth-order valence-corrected chi connectivity index (χ4v) is 1.80. The molecule has 2 aromatic rings. The van der Waals surface area contributed by atoms with E-state index in [0.29, 0.717) is 12.2 Å². The molecule has 110 valence electrons. The van der Waals surface area contributed by atoms with Crippen LogP contribution in [0.1, 0.15) is 21.5 Å². The molecule has 0 bridgehead atoms. The zero-order chi connectivity index (χ0) is 15.7. The number of carbonyl (C=O) groups excluding carboxylic acids is 1. The van der Waals surface area contributed by atoms with Crippen LogP contribution >= 0.6 is 0 Å². The monoisotopic (exact) mass is 286 g/mol. The number of para-hydroxylation sites is 1. The number of hydrogen-bond acceptors (Lipinski definition) is 3. The zero-order valence-electron chi connectivity index (χ0n) is 12.1. The van der Waals surface area contributed by atoms with Crippen LogP contribution in [0, 0.1) is 6.92 Å². The Labute approximate surface area is 124 Å².